The van der Waals surface area contributed by atoms with Gasteiger partial charge in [0.15, 0.2) is 0 Å². The van der Waals surface area contributed by atoms with E-state index in [1.54, 1.807) is 0 Å². The van der Waals surface area contributed by atoms with E-state index in [9.17, 15) is 0 Å². The number of benzene rings is 3. The van der Waals surface area contributed by atoms with E-state index in [4.69, 9.17) is 0 Å². The molecule has 3 aromatic rings. The monoisotopic (exact) mass is 428 g/mol. The number of hydrogen-bond acceptors (Lipinski definition) is 2. The van der Waals surface area contributed by atoms with Gasteiger partial charge >= 0.3 is 0 Å². The Morgan fingerprint density at radius 2 is 1.36 bits per heavy atom. The lowest BCUT2D eigenvalue weighted by molar-refractivity contribution is 0.550. The van der Waals surface area contributed by atoms with Crippen molar-refractivity contribution in [1.82, 2.24) is 0 Å². The fourth-order valence-corrected chi connectivity index (χ4v) is 5.52. The largest absolute Gasteiger partial charge is 0.378 e. The molecule has 0 aromatic heterocycles. The summed E-state index contributed by atoms with van der Waals surface area (Å²) in [5.41, 5.74) is 7.81. The molecule has 2 nitrogen and oxygen atoms in total. The van der Waals surface area contributed by atoms with Crippen molar-refractivity contribution in [3.8, 4) is 11.1 Å². The van der Waals surface area contributed by atoms with Crippen LogP contribution < -0.4 is 10.2 Å². The van der Waals surface area contributed by atoms with Crippen LogP contribution in [-0.4, -0.2) is 12.1 Å². The number of nitrogens with one attached hydrogen (secondary N) is 1. The zero-order valence-electron chi connectivity index (χ0n) is 18.8. The first-order valence-electron chi connectivity index (χ1n) is 11.8. The molecule has 0 radical (unpaired) electrons. The maximum absolute atomic E-state index is 3.79. The van der Waals surface area contributed by atoms with Crippen molar-refractivity contribution in [2.24, 2.45) is 11.8 Å². The van der Waals surface area contributed by atoms with E-state index in [-0.39, 0.29) is 6.04 Å². The molecule has 3 aliphatic rings. The Morgan fingerprint density at radius 3 is 2.12 bits per heavy atom. The number of para-hydroxylation sites is 1. The minimum absolute atomic E-state index is 0.266. The summed E-state index contributed by atoms with van der Waals surface area (Å²) in [7, 11) is 0. The molecule has 0 amide bonds. The second-order valence-electron chi connectivity index (χ2n) is 9.09. The lowest BCUT2D eigenvalue weighted by atomic mass is 9.79. The maximum Gasteiger partial charge on any atom is 0.0626 e. The third-order valence-electron chi connectivity index (χ3n) is 7.17. The van der Waals surface area contributed by atoms with Gasteiger partial charge in [-0.2, -0.15) is 0 Å². The summed E-state index contributed by atoms with van der Waals surface area (Å²) in [6, 6.07) is 30.7. The van der Waals surface area contributed by atoms with Gasteiger partial charge in [-0.25, -0.2) is 0 Å². The predicted molar refractivity (Wildman–Crippen MR) is 139 cm³/mol. The van der Waals surface area contributed by atoms with Crippen LogP contribution in [0.4, 0.5) is 11.4 Å². The molecule has 33 heavy (non-hydrogen) atoms. The summed E-state index contributed by atoms with van der Waals surface area (Å²) >= 11 is 0. The van der Waals surface area contributed by atoms with Crippen LogP contribution in [0.1, 0.15) is 6.92 Å². The van der Waals surface area contributed by atoms with Crippen LogP contribution >= 0.6 is 0 Å². The van der Waals surface area contributed by atoms with Crippen molar-refractivity contribution >= 4 is 11.4 Å². The fraction of sp³-hybridized carbons (Fsp3) is 0.161. The Morgan fingerprint density at radius 1 is 0.697 bits per heavy atom. The number of anilines is 2. The Kier molecular flexibility index (Phi) is 4.99. The topological polar surface area (TPSA) is 15.3 Å². The van der Waals surface area contributed by atoms with Gasteiger partial charge in [0.2, 0.25) is 0 Å². The van der Waals surface area contributed by atoms with Crippen LogP contribution in [0.15, 0.2) is 133 Å². The Balaban J connectivity index is 1.27. The summed E-state index contributed by atoms with van der Waals surface area (Å²) in [6.07, 6.45) is 13.8. The van der Waals surface area contributed by atoms with Gasteiger partial charge in [-0.05, 0) is 47.0 Å². The van der Waals surface area contributed by atoms with Crippen LogP contribution in [0.5, 0.6) is 0 Å². The molecule has 0 spiro atoms. The Bertz CT molecular complexity index is 1250. The summed E-state index contributed by atoms with van der Waals surface area (Å²) in [5, 5.41) is 3.79. The minimum atomic E-state index is 0.266. The third-order valence-corrected chi connectivity index (χ3v) is 7.17. The second kappa shape index (κ2) is 8.29. The molecule has 0 fully saturated rings. The molecule has 4 unspecified atom stereocenters. The average molecular weight is 429 g/mol. The van der Waals surface area contributed by atoms with Gasteiger partial charge in [0.05, 0.1) is 12.1 Å². The predicted octanol–water partition coefficient (Wildman–Crippen LogP) is 7.23. The zero-order valence-corrected chi connectivity index (χ0v) is 18.8. The maximum atomic E-state index is 3.79. The van der Waals surface area contributed by atoms with Gasteiger partial charge in [-0.15, -0.1) is 0 Å². The number of fused-ring (bicyclic) bond motifs is 2. The smallest absolute Gasteiger partial charge is 0.0626 e. The molecule has 6 rings (SSSR count). The number of hydrogen-bond donors (Lipinski definition) is 1. The summed E-state index contributed by atoms with van der Waals surface area (Å²) < 4.78 is 0. The molecule has 1 aliphatic heterocycles. The molecule has 4 atom stereocenters. The van der Waals surface area contributed by atoms with E-state index < -0.39 is 0 Å². The molecule has 162 valence electrons. The Labute approximate surface area is 196 Å². The van der Waals surface area contributed by atoms with Crippen LogP contribution in [0, 0.1) is 11.8 Å². The number of allylic oxidation sites excluding steroid dienone is 3. The van der Waals surface area contributed by atoms with E-state index in [0.29, 0.717) is 17.9 Å². The van der Waals surface area contributed by atoms with Gasteiger partial charge < -0.3 is 10.2 Å². The van der Waals surface area contributed by atoms with Gasteiger partial charge in [-0.3, -0.25) is 0 Å². The quantitative estimate of drug-likeness (QED) is 0.472. The van der Waals surface area contributed by atoms with Crippen LogP contribution in [0.2, 0.25) is 0 Å². The first-order valence-corrected chi connectivity index (χ1v) is 11.8. The summed E-state index contributed by atoms with van der Waals surface area (Å²) in [4.78, 5) is 2.51. The second-order valence-corrected chi connectivity index (χ2v) is 9.09. The van der Waals surface area contributed by atoms with Gasteiger partial charge in [0.25, 0.3) is 0 Å². The van der Waals surface area contributed by atoms with Crippen molar-refractivity contribution in [2.45, 2.75) is 19.0 Å². The number of nitrogens with zero attached hydrogens (tertiary/aromatic N) is 1. The van der Waals surface area contributed by atoms with Gasteiger partial charge in [0, 0.05) is 28.9 Å². The first-order chi connectivity index (χ1) is 16.3. The molecule has 0 bridgehead atoms. The first kappa shape index (κ1) is 19.9. The van der Waals surface area contributed by atoms with Gasteiger partial charge in [0.1, 0.15) is 0 Å². The molecule has 1 heterocycles. The van der Waals surface area contributed by atoms with Crippen molar-refractivity contribution in [1.29, 1.82) is 0 Å². The molecular weight excluding hydrogens is 400 g/mol. The van der Waals surface area contributed by atoms with Crippen molar-refractivity contribution < 1.29 is 0 Å². The molecule has 1 N–H and O–H groups in total. The summed E-state index contributed by atoms with van der Waals surface area (Å²) in [6.45, 7) is 2.37. The highest BCUT2D eigenvalue weighted by Gasteiger charge is 2.43. The molecule has 3 aromatic carbocycles. The normalized spacial score (nSPS) is 25.2. The molecule has 2 heteroatoms. The van der Waals surface area contributed by atoms with E-state index in [1.807, 2.05) is 0 Å². The van der Waals surface area contributed by atoms with E-state index >= 15 is 0 Å². The van der Waals surface area contributed by atoms with Crippen LogP contribution in [0.25, 0.3) is 11.1 Å². The van der Waals surface area contributed by atoms with Crippen molar-refractivity contribution in [3.63, 3.8) is 0 Å². The van der Waals surface area contributed by atoms with Gasteiger partial charge in [-0.1, -0.05) is 98.0 Å². The van der Waals surface area contributed by atoms with Crippen molar-refractivity contribution in [3.05, 3.63) is 133 Å². The highest BCUT2D eigenvalue weighted by Crippen LogP contribution is 2.47. The third kappa shape index (κ3) is 3.52. The molecule has 0 saturated heterocycles. The zero-order chi connectivity index (χ0) is 22.2. The Hall–Kier alpha value is -3.78. The van der Waals surface area contributed by atoms with Crippen LogP contribution in [-0.2, 0) is 0 Å². The van der Waals surface area contributed by atoms with E-state index in [1.165, 1.54) is 28.1 Å². The molecule has 2 aliphatic carbocycles. The van der Waals surface area contributed by atoms with Crippen molar-refractivity contribution in [2.75, 3.05) is 10.2 Å². The summed E-state index contributed by atoms with van der Waals surface area (Å²) in [5.74, 6) is 0.811. The highest BCUT2D eigenvalue weighted by molar-refractivity contribution is 5.68. The van der Waals surface area contributed by atoms with Crippen LogP contribution in [0.3, 0.4) is 0 Å². The lowest BCUT2D eigenvalue weighted by Crippen LogP contribution is -2.32. The number of rotatable bonds is 4. The minimum Gasteiger partial charge on any atom is -0.378 e. The standard InChI is InChI=1S/C31H28N2/c1-22-28(32-25-18-16-24(17-19-25)23-10-4-2-5-11-23)20-21-30-31(22)27-14-8-9-15-29(27)33(30)26-12-6-3-7-13-26/h2-22,27-29,32H,1H3. The fourth-order valence-electron chi connectivity index (χ4n) is 5.52. The highest BCUT2D eigenvalue weighted by atomic mass is 15.2. The molecule has 0 saturated carbocycles. The van der Waals surface area contributed by atoms with E-state index in [0.717, 1.165) is 5.69 Å². The SMILES string of the molecule is CC1C2=C(C=CC1Nc1ccc(-c3ccccc3)cc1)N(c1ccccc1)C1C=CC=CC21. The van der Waals surface area contributed by atoms with E-state index in [2.05, 4.69) is 139 Å². The molecular formula is C31H28N2. The average Bonchev–Trinajstić information content (AvgIpc) is 3.22. The lowest BCUT2D eigenvalue weighted by Gasteiger charge is -2.31.